The molecule has 0 bridgehead atoms. The highest BCUT2D eigenvalue weighted by Gasteiger charge is 2.36. The maximum absolute atomic E-state index is 14.6. The van der Waals surface area contributed by atoms with Crippen molar-refractivity contribution in [2.24, 2.45) is 5.92 Å². The molecule has 2 N–H and O–H groups in total. The van der Waals surface area contributed by atoms with Crippen molar-refractivity contribution in [1.82, 2.24) is 19.8 Å². The SMILES string of the molecule is CC(=O)N1CCC(C(=O)N2CCCCC2c2nc(N)ncc2-c2ccccc2F)CC1. The Morgan fingerprint density at radius 1 is 1.06 bits per heavy atom. The van der Waals surface area contributed by atoms with Gasteiger partial charge in [0.1, 0.15) is 5.82 Å². The van der Waals surface area contributed by atoms with Crippen molar-refractivity contribution in [1.29, 1.82) is 0 Å². The van der Waals surface area contributed by atoms with Crippen molar-refractivity contribution < 1.29 is 14.0 Å². The number of carbonyl (C=O) groups excluding carboxylic acids is 2. The Hall–Kier alpha value is -3.03. The second kappa shape index (κ2) is 8.99. The molecular weight excluding hydrogens is 397 g/mol. The van der Waals surface area contributed by atoms with Gasteiger partial charge in [0, 0.05) is 49.8 Å². The van der Waals surface area contributed by atoms with Gasteiger partial charge in [0.15, 0.2) is 0 Å². The van der Waals surface area contributed by atoms with E-state index in [1.165, 1.54) is 6.07 Å². The molecule has 1 atom stereocenters. The molecule has 2 aliphatic rings. The van der Waals surface area contributed by atoms with Crippen LogP contribution in [0.4, 0.5) is 10.3 Å². The van der Waals surface area contributed by atoms with Gasteiger partial charge in [0.05, 0.1) is 11.7 Å². The number of hydrogen-bond donors (Lipinski definition) is 1. The van der Waals surface area contributed by atoms with Gasteiger partial charge >= 0.3 is 0 Å². The van der Waals surface area contributed by atoms with Crippen molar-refractivity contribution in [3.05, 3.63) is 42.0 Å². The number of aromatic nitrogens is 2. The smallest absolute Gasteiger partial charge is 0.226 e. The summed E-state index contributed by atoms with van der Waals surface area (Å²) >= 11 is 0. The summed E-state index contributed by atoms with van der Waals surface area (Å²) < 4.78 is 14.6. The zero-order valence-corrected chi connectivity index (χ0v) is 17.8. The van der Waals surface area contributed by atoms with Crippen LogP contribution in [0.1, 0.15) is 50.8 Å². The van der Waals surface area contributed by atoms with Gasteiger partial charge in [-0.3, -0.25) is 9.59 Å². The normalized spacial score (nSPS) is 20.0. The van der Waals surface area contributed by atoms with E-state index in [2.05, 4.69) is 9.97 Å². The third-order valence-electron chi connectivity index (χ3n) is 6.39. The third-order valence-corrected chi connectivity index (χ3v) is 6.39. The molecule has 2 saturated heterocycles. The number of anilines is 1. The Balaban J connectivity index is 1.64. The topological polar surface area (TPSA) is 92.4 Å². The van der Waals surface area contributed by atoms with Crippen molar-refractivity contribution in [3.8, 4) is 11.1 Å². The van der Waals surface area contributed by atoms with E-state index in [4.69, 9.17) is 5.73 Å². The van der Waals surface area contributed by atoms with Crippen LogP contribution in [0.5, 0.6) is 0 Å². The Bertz CT molecular complexity index is 974. The van der Waals surface area contributed by atoms with Crippen LogP contribution in [0.15, 0.2) is 30.5 Å². The van der Waals surface area contributed by atoms with Crippen LogP contribution < -0.4 is 5.73 Å². The molecular formula is C23H28FN5O2. The van der Waals surface area contributed by atoms with E-state index in [1.54, 1.807) is 36.2 Å². The molecule has 8 heteroatoms. The molecule has 31 heavy (non-hydrogen) atoms. The third kappa shape index (κ3) is 4.38. The minimum Gasteiger partial charge on any atom is -0.368 e. The van der Waals surface area contributed by atoms with Crippen molar-refractivity contribution in [3.63, 3.8) is 0 Å². The fourth-order valence-electron chi connectivity index (χ4n) is 4.71. The first kappa shape index (κ1) is 21.2. The molecule has 7 nitrogen and oxygen atoms in total. The quantitative estimate of drug-likeness (QED) is 0.815. The number of rotatable bonds is 3. The molecule has 0 saturated carbocycles. The number of nitrogens with two attached hydrogens (primary N) is 1. The van der Waals surface area contributed by atoms with Gasteiger partial charge in [0.2, 0.25) is 17.8 Å². The summed E-state index contributed by atoms with van der Waals surface area (Å²) in [5.41, 5.74) is 7.49. The van der Waals surface area contributed by atoms with Gasteiger partial charge in [-0.25, -0.2) is 14.4 Å². The maximum atomic E-state index is 14.6. The molecule has 2 aromatic rings. The maximum Gasteiger partial charge on any atom is 0.226 e. The fourth-order valence-corrected chi connectivity index (χ4v) is 4.71. The zero-order chi connectivity index (χ0) is 22.0. The molecule has 2 aliphatic heterocycles. The number of amides is 2. The lowest BCUT2D eigenvalue weighted by molar-refractivity contribution is -0.143. The molecule has 3 heterocycles. The average molecular weight is 426 g/mol. The summed E-state index contributed by atoms with van der Waals surface area (Å²) in [6.07, 6.45) is 5.50. The minimum atomic E-state index is -0.359. The first-order valence-corrected chi connectivity index (χ1v) is 10.9. The second-order valence-corrected chi connectivity index (χ2v) is 8.33. The molecule has 1 unspecified atom stereocenters. The van der Waals surface area contributed by atoms with Gasteiger partial charge in [0.25, 0.3) is 0 Å². The van der Waals surface area contributed by atoms with E-state index >= 15 is 0 Å². The van der Waals surface area contributed by atoms with Crippen LogP contribution in [-0.4, -0.2) is 51.2 Å². The number of carbonyl (C=O) groups is 2. The van der Waals surface area contributed by atoms with Crippen LogP contribution >= 0.6 is 0 Å². The zero-order valence-electron chi connectivity index (χ0n) is 17.8. The van der Waals surface area contributed by atoms with Crippen LogP contribution in [0.3, 0.4) is 0 Å². The Morgan fingerprint density at radius 3 is 2.52 bits per heavy atom. The molecule has 4 rings (SSSR count). The lowest BCUT2D eigenvalue weighted by Crippen LogP contribution is -2.46. The van der Waals surface area contributed by atoms with Gasteiger partial charge in [-0.05, 0) is 38.2 Å². The fraction of sp³-hybridized carbons (Fsp3) is 0.478. The molecule has 1 aromatic carbocycles. The molecule has 1 aromatic heterocycles. The Kier molecular flexibility index (Phi) is 6.15. The summed E-state index contributed by atoms with van der Waals surface area (Å²) in [5.74, 6) is -0.227. The number of nitrogen functional groups attached to an aromatic ring is 1. The van der Waals surface area contributed by atoms with Crippen molar-refractivity contribution >= 4 is 17.8 Å². The number of likely N-dealkylation sites (tertiary alicyclic amines) is 2. The van der Waals surface area contributed by atoms with Gasteiger partial charge in [-0.1, -0.05) is 18.2 Å². The highest BCUT2D eigenvalue weighted by molar-refractivity contribution is 5.81. The summed E-state index contributed by atoms with van der Waals surface area (Å²) in [5, 5.41) is 0. The minimum absolute atomic E-state index is 0.0488. The summed E-state index contributed by atoms with van der Waals surface area (Å²) in [4.78, 5) is 37.4. The highest BCUT2D eigenvalue weighted by atomic mass is 19.1. The summed E-state index contributed by atoms with van der Waals surface area (Å²) in [7, 11) is 0. The standard InChI is InChI=1S/C23H28FN5O2/c1-15(30)28-12-9-16(10-13-28)22(31)29-11-5-4-8-20(29)21-18(14-26-23(25)27-21)17-6-2-3-7-19(17)24/h2-3,6-7,14,16,20H,4-5,8-13H2,1H3,(H2,25,26,27). The van der Waals surface area contributed by atoms with E-state index in [0.29, 0.717) is 49.3 Å². The second-order valence-electron chi connectivity index (χ2n) is 8.33. The largest absolute Gasteiger partial charge is 0.368 e. The van der Waals surface area contributed by atoms with E-state index in [1.807, 2.05) is 4.90 Å². The number of hydrogen-bond acceptors (Lipinski definition) is 5. The van der Waals surface area contributed by atoms with E-state index in [0.717, 1.165) is 19.3 Å². The Morgan fingerprint density at radius 2 is 1.81 bits per heavy atom. The van der Waals surface area contributed by atoms with Crippen LogP contribution in [0.2, 0.25) is 0 Å². The van der Waals surface area contributed by atoms with Gasteiger partial charge in [-0.15, -0.1) is 0 Å². The van der Waals surface area contributed by atoms with Crippen molar-refractivity contribution in [2.75, 3.05) is 25.4 Å². The lowest BCUT2D eigenvalue weighted by atomic mass is 9.90. The van der Waals surface area contributed by atoms with Gasteiger partial charge in [-0.2, -0.15) is 0 Å². The highest BCUT2D eigenvalue weighted by Crippen LogP contribution is 2.38. The van der Waals surface area contributed by atoms with Gasteiger partial charge < -0.3 is 15.5 Å². The Labute approximate surface area is 181 Å². The molecule has 2 amide bonds. The number of benzene rings is 1. The predicted octanol–water partition coefficient (Wildman–Crippen LogP) is 3.18. The molecule has 0 aliphatic carbocycles. The molecule has 0 spiro atoms. The average Bonchev–Trinajstić information content (AvgIpc) is 2.79. The molecule has 0 radical (unpaired) electrons. The summed E-state index contributed by atoms with van der Waals surface area (Å²) in [6.45, 7) is 3.40. The van der Waals surface area contributed by atoms with Crippen LogP contribution in [0.25, 0.3) is 11.1 Å². The van der Waals surface area contributed by atoms with Crippen LogP contribution in [0, 0.1) is 11.7 Å². The first-order chi connectivity index (χ1) is 15.0. The number of piperidine rings is 2. The lowest BCUT2D eigenvalue weighted by Gasteiger charge is -2.40. The monoisotopic (exact) mass is 425 g/mol. The van der Waals surface area contributed by atoms with E-state index in [-0.39, 0.29) is 35.5 Å². The predicted molar refractivity (Wildman–Crippen MR) is 115 cm³/mol. The number of nitrogens with zero attached hydrogens (tertiary/aromatic N) is 4. The van der Waals surface area contributed by atoms with Crippen LogP contribution in [-0.2, 0) is 9.59 Å². The summed E-state index contributed by atoms with van der Waals surface area (Å²) in [6, 6.07) is 6.24. The van der Waals surface area contributed by atoms with E-state index in [9.17, 15) is 14.0 Å². The molecule has 164 valence electrons. The molecule has 2 fully saturated rings. The van der Waals surface area contributed by atoms with E-state index < -0.39 is 0 Å². The number of halogens is 1. The van der Waals surface area contributed by atoms with Crippen molar-refractivity contribution in [2.45, 2.75) is 45.1 Å². The first-order valence-electron chi connectivity index (χ1n) is 10.9.